The number of rotatable bonds is 6. The number of ether oxygens (including phenoxy) is 1. The summed E-state index contributed by atoms with van der Waals surface area (Å²) in [4.78, 5) is 29.0. The first kappa shape index (κ1) is 21.3. The molecule has 156 valence electrons. The number of carbonyl (C=O) groups excluding carboxylic acids is 2. The summed E-state index contributed by atoms with van der Waals surface area (Å²) >= 11 is 1.11. The van der Waals surface area contributed by atoms with Gasteiger partial charge in [-0.15, -0.1) is 0 Å². The van der Waals surface area contributed by atoms with E-state index in [2.05, 4.69) is 15.4 Å². The summed E-state index contributed by atoms with van der Waals surface area (Å²) in [6.07, 6.45) is 1.27. The van der Waals surface area contributed by atoms with E-state index >= 15 is 0 Å². The molecule has 2 amide bonds. The molecule has 0 bridgehead atoms. The predicted octanol–water partition coefficient (Wildman–Crippen LogP) is 2.83. The van der Waals surface area contributed by atoms with Gasteiger partial charge >= 0.3 is 0 Å². The van der Waals surface area contributed by atoms with Gasteiger partial charge in [0.2, 0.25) is 5.91 Å². The average Bonchev–Trinajstić information content (AvgIpc) is 3.03. The first-order chi connectivity index (χ1) is 14.4. The number of para-hydroxylation sites is 1. The van der Waals surface area contributed by atoms with Crippen molar-refractivity contribution < 1.29 is 23.8 Å². The molecule has 10 heteroatoms. The molecule has 3 rings (SSSR count). The number of thioether (sulfide) groups is 1. The Morgan fingerprint density at radius 3 is 2.83 bits per heavy atom. The highest BCUT2D eigenvalue weighted by molar-refractivity contribution is 8.15. The highest BCUT2D eigenvalue weighted by atomic mass is 32.2. The van der Waals surface area contributed by atoms with Crippen LogP contribution in [0.15, 0.2) is 52.6 Å². The highest BCUT2D eigenvalue weighted by Crippen LogP contribution is 2.30. The smallest absolute Gasteiger partial charge is 0.263 e. The Labute approximate surface area is 176 Å². The number of nitrogens with one attached hydrogen (secondary N) is 1. The fraction of sp³-hybridized carbons (Fsp3) is 0.200. The van der Waals surface area contributed by atoms with Crippen LogP contribution in [-0.4, -0.2) is 52.7 Å². The Bertz CT molecular complexity index is 1030. The molecule has 0 aromatic heterocycles. The molecule has 1 heterocycles. The maximum Gasteiger partial charge on any atom is 0.263 e. The SMILES string of the molecule is CN=C1S[C@@H](CC(=O)Nc2ccccc2F)C(=O)N1/N=C/c1ccc(O)c(OC)c1. The van der Waals surface area contributed by atoms with Crippen molar-refractivity contribution in [1.82, 2.24) is 5.01 Å². The topological polar surface area (TPSA) is 104 Å². The third-order valence-corrected chi connectivity index (χ3v) is 5.37. The van der Waals surface area contributed by atoms with Crippen molar-refractivity contribution in [3.63, 3.8) is 0 Å². The number of hydrogen-bond acceptors (Lipinski definition) is 7. The maximum absolute atomic E-state index is 13.7. The van der Waals surface area contributed by atoms with Crippen molar-refractivity contribution >= 4 is 40.6 Å². The molecule has 0 radical (unpaired) electrons. The van der Waals surface area contributed by atoms with Crippen molar-refractivity contribution in [2.45, 2.75) is 11.7 Å². The van der Waals surface area contributed by atoms with E-state index < -0.39 is 22.9 Å². The van der Waals surface area contributed by atoms with E-state index in [1.807, 2.05) is 0 Å². The zero-order valence-electron chi connectivity index (χ0n) is 16.2. The molecule has 0 aliphatic carbocycles. The van der Waals surface area contributed by atoms with E-state index in [1.165, 1.54) is 44.6 Å². The van der Waals surface area contributed by atoms with E-state index in [0.29, 0.717) is 10.7 Å². The van der Waals surface area contributed by atoms with Crippen LogP contribution in [0.25, 0.3) is 0 Å². The summed E-state index contributed by atoms with van der Waals surface area (Å²) < 4.78 is 18.7. The Balaban J connectivity index is 1.69. The van der Waals surface area contributed by atoms with Gasteiger partial charge in [0.15, 0.2) is 16.7 Å². The number of carbonyl (C=O) groups is 2. The fourth-order valence-corrected chi connectivity index (χ4v) is 3.70. The van der Waals surface area contributed by atoms with Crippen LogP contribution in [0.4, 0.5) is 10.1 Å². The van der Waals surface area contributed by atoms with Gasteiger partial charge in [-0.3, -0.25) is 14.6 Å². The Morgan fingerprint density at radius 2 is 2.13 bits per heavy atom. The number of phenols is 1. The van der Waals surface area contributed by atoms with Crippen LogP contribution in [0.5, 0.6) is 11.5 Å². The minimum atomic E-state index is -0.734. The average molecular weight is 430 g/mol. The van der Waals surface area contributed by atoms with Crippen molar-refractivity contribution in [2.75, 3.05) is 19.5 Å². The molecule has 2 N–H and O–H groups in total. The number of amidine groups is 1. The minimum absolute atomic E-state index is 0.0146. The van der Waals surface area contributed by atoms with E-state index in [9.17, 15) is 19.1 Å². The van der Waals surface area contributed by atoms with Crippen LogP contribution in [0.3, 0.4) is 0 Å². The molecule has 30 heavy (non-hydrogen) atoms. The molecule has 0 saturated carbocycles. The van der Waals surface area contributed by atoms with Gasteiger partial charge in [0.1, 0.15) is 11.1 Å². The molecular weight excluding hydrogens is 411 g/mol. The standard InChI is InChI=1S/C20H19FN4O4S/c1-22-20-25(23-11-12-7-8-15(26)16(9-12)29-2)19(28)17(30-20)10-18(27)24-14-6-4-3-5-13(14)21/h3-9,11,17,26H,10H2,1-2H3,(H,24,27)/b22-20?,23-11+/t17-/m0/s1. The number of methoxy groups -OCH3 is 1. The number of halogens is 1. The van der Waals surface area contributed by atoms with Crippen LogP contribution in [0.1, 0.15) is 12.0 Å². The van der Waals surface area contributed by atoms with E-state index in [1.54, 1.807) is 18.2 Å². The number of anilines is 1. The highest BCUT2D eigenvalue weighted by Gasteiger charge is 2.39. The Morgan fingerprint density at radius 1 is 1.37 bits per heavy atom. The Kier molecular flexibility index (Phi) is 6.68. The predicted molar refractivity (Wildman–Crippen MR) is 113 cm³/mol. The lowest BCUT2D eigenvalue weighted by molar-refractivity contribution is -0.128. The molecule has 1 saturated heterocycles. The van der Waals surface area contributed by atoms with Gasteiger partial charge < -0.3 is 15.2 Å². The molecule has 1 aliphatic rings. The number of amides is 2. The molecule has 1 atom stereocenters. The van der Waals surface area contributed by atoms with E-state index in [0.717, 1.165) is 16.8 Å². The number of aliphatic imine (C=N–C) groups is 1. The molecule has 1 fully saturated rings. The second-order valence-electron chi connectivity index (χ2n) is 6.17. The molecule has 2 aromatic rings. The second-order valence-corrected chi connectivity index (χ2v) is 7.34. The van der Waals surface area contributed by atoms with Gasteiger partial charge in [0.25, 0.3) is 5.91 Å². The lowest BCUT2D eigenvalue weighted by Gasteiger charge is -2.10. The minimum Gasteiger partial charge on any atom is -0.504 e. The number of nitrogens with zero attached hydrogens (tertiary/aromatic N) is 3. The van der Waals surface area contributed by atoms with Crippen LogP contribution in [0, 0.1) is 5.82 Å². The van der Waals surface area contributed by atoms with Crippen molar-refractivity contribution in [1.29, 1.82) is 0 Å². The van der Waals surface area contributed by atoms with Crippen molar-refractivity contribution in [2.24, 2.45) is 10.1 Å². The molecule has 8 nitrogen and oxygen atoms in total. The largest absolute Gasteiger partial charge is 0.504 e. The molecule has 2 aromatic carbocycles. The van der Waals surface area contributed by atoms with Crippen LogP contribution in [0.2, 0.25) is 0 Å². The maximum atomic E-state index is 13.7. The third kappa shape index (κ3) is 4.77. The van der Waals surface area contributed by atoms with Crippen LogP contribution in [-0.2, 0) is 9.59 Å². The van der Waals surface area contributed by atoms with Crippen molar-refractivity contribution in [3.8, 4) is 11.5 Å². The molecule has 0 unspecified atom stereocenters. The zero-order chi connectivity index (χ0) is 21.7. The summed E-state index contributed by atoms with van der Waals surface area (Å²) in [6, 6.07) is 10.4. The zero-order valence-corrected chi connectivity index (χ0v) is 17.0. The van der Waals surface area contributed by atoms with Gasteiger partial charge in [-0.1, -0.05) is 23.9 Å². The van der Waals surface area contributed by atoms with Gasteiger partial charge in [-0.05, 0) is 35.9 Å². The summed E-state index contributed by atoms with van der Waals surface area (Å²) in [7, 11) is 2.94. The summed E-state index contributed by atoms with van der Waals surface area (Å²) in [5.41, 5.74) is 0.650. The molecule has 1 aliphatic heterocycles. The fourth-order valence-electron chi connectivity index (χ4n) is 2.67. The second kappa shape index (κ2) is 9.40. The first-order valence-corrected chi connectivity index (χ1v) is 9.73. The number of benzene rings is 2. The number of aromatic hydroxyl groups is 1. The monoisotopic (exact) mass is 430 g/mol. The van der Waals surface area contributed by atoms with Crippen LogP contribution < -0.4 is 10.1 Å². The van der Waals surface area contributed by atoms with E-state index in [-0.39, 0.29) is 23.6 Å². The molecule has 0 spiro atoms. The van der Waals surface area contributed by atoms with E-state index in [4.69, 9.17) is 4.74 Å². The summed E-state index contributed by atoms with van der Waals surface area (Å²) in [5, 5.41) is 17.0. The number of hydrogen-bond donors (Lipinski definition) is 2. The number of hydrazone groups is 1. The first-order valence-electron chi connectivity index (χ1n) is 8.85. The van der Waals surface area contributed by atoms with Gasteiger partial charge in [-0.2, -0.15) is 10.1 Å². The van der Waals surface area contributed by atoms with Gasteiger partial charge in [0.05, 0.1) is 19.0 Å². The quantitative estimate of drug-likeness (QED) is 0.686. The number of phenolic OH excluding ortho intramolecular Hbond substituents is 1. The van der Waals surface area contributed by atoms with Gasteiger partial charge in [0, 0.05) is 13.5 Å². The lowest BCUT2D eigenvalue weighted by Crippen LogP contribution is -2.29. The normalized spacial score (nSPS) is 17.7. The lowest BCUT2D eigenvalue weighted by atomic mass is 10.2. The summed E-state index contributed by atoms with van der Waals surface area (Å²) in [6.45, 7) is 0. The van der Waals surface area contributed by atoms with Gasteiger partial charge in [-0.25, -0.2) is 4.39 Å². The van der Waals surface area contributed by atoms with Crippen molar-refractivity contribution in [3.05, 3.63) is 53.8 Å². The molecular formula is C20H19FN4O4S. The Hall–Kier alpha value is -3.40. The third-order valence-electron chi connectivity index (χ3n) is 4.15. The van der Waals surface area contributed by atoms with Crippen LogP contribution >= 0.6 is 11.8 Å². The summed E-state index contributed by atoms with van der Waals surface area (Å²) in [5.74, 6) is -1.20.